The normalized spacial score (nSPS) is 14.1. The molecule has 1 amide bonds. The highest BCUT2D eigenvalue weighted by Crippen LogP contribution is 2.22. The highest BCUT2D eigenvalue weighted by molar-refractivity contribution is 6.02. The zero-order chi connectivity index (χ0) is 16.8. The highest BCUT2D eigenvalue weighted by atomic mass is 16.5. The molecule has 0 bridgehead atoms. The van der Waals surface area contributed by atoms with E-state index in [-0.39, 0.29) is 5.91 Å². The van der Waals surface area contributed by atoms with Crippen molar-refractivity contribution in [1.29, 1.82) is 0 Å². The third-order valence-corrected chi connectivity index (χ3v) is 4.13. The molecule has 4 nitrogen and oxygen atoms in total. The number of methoxy groups -OCH3 is 1. The van der Waals surface area contributed by atoms with Gasteiger partial charge in [0, 0.05) is 30.5 Å². The first-order valence-corrected chi connectivity index (χ1v) is 8.23. The number of ether oxygens (including phenoxy) is 1. The van der Waals surface area contributed by atoms with Crippen molar-refractivity contribution in [2.45, 2.75) is 12.8 Å². The van der Waals surface area contributed by atoms with Crippen LogP contribution in [-0.2, 0) is 4.79 Å². The summed E-state index contributed by atoms with van der Waals surface area (Å²) in [5.41, 5.74) is 2.95. The molecule has 1 saturated heterocycles. The summed E-state index contributed by atoms with van der Waals surface area (Å²) in [6.45, 7) is 2.24. The molecule has 1 fully saturated rings. The van der Waals surface area contributed by atoms with Gasteiger partial charge in [-0.15, -0.1) is 0 Å². The molecular weight excluding hydrogens is 300 g/mol. The molecule has 0 saturated carbocycles. The molecule has 0 aliphatic carbocycles. The van der Waals surface area contributed by atoms with Crippen LogP contribution in [0.3, 0.4) is 0 Å². The minimum absolute atomic E-state index is 0.147. The van der Waals surface area contributed by atoms with Crippen LogP contribution in [0.2, 0.25) is 0 Å². The third kappa shape index (κ3) is 4.16. The molecule has 1 heterocycles. The number of carbonyl (C=O) groups excluding carboxylic acids is 1. The number of nitrogens with zero attached hydrogens (tertiary/aromatic N) is 1. The van der Waals surface area contributed by atoms with E-state index >= 15 is 0 Å². The molecule has 1 aliphatic heterocycles. The van der Waals surface area contributed by atoms with Crippen LogP contribution in [-0.4, -0.2) is 26.1 Å². The monoisotopic (exact) mass is 322 g/mol. The van der Waals surface area contributed by atoms with E-state index in [1.807, 2.05) is 36.4 Å². The van der Waals surface area contributed by atoms with Crippen LogP contribution in [0.5, 0.6) is 5.75 Å². The molecule has 1 N–H and O–H groups in total. The van der Waals surface area contributed by atoms with Crippen molar-refractivity contribution < 1.29 is 9.53 Å². The molecule has 2 aromatic carbocycles. The Labute approximate surface area is 142 Å². The van der Waals surface area contributed by atoms with Gasteiger partial charge in [-0.1, -0.05) is 12.1 Å². The molecule has 0 spiro atoms. The van der Waals surface area contributed by atoms with Crippen molar-refractivity contribution in [3.8, 4) is 5.75 Å². The molecule has 1 aliphatic rings. The Kier molecular flexibility index (Phi) is 5.16. The fourth-order valence-electron chi connectivity index (χ4n) is 2.83. The summed E-state index contributed by atoms with van der Waals surface area (Å²) in [5.74, 6) is 0.627. The molecular formula is C20H22N2O2. The fourth-order valence-corrected chi connectivity index (χ4v) is 2.83. The SMILES string of the molecule is COc1cccc(/C=C/C(=O)Nc2ccc(N3CCCC3)cc2)c1. The van der Waals surface area contributed by atoms with Crippen molar-refractivity contribution >= 4 is 23.4 Å². The number of anilines is 2. The number of amides is 1. The number of rotatable bonds is 5. The van der Waals surface area contributed by atoms with Crippen LogP contribution >= 0.6 is 0 Å². The zero-order valence-electron chi connectivity index (χ0n) is 13.9. The van der Waals surface area contributed by atoms with E-state index in [0.29, 0.717) is 0 Å². The van der Waals surface area contributed by atoms with Crippen LogP contribution in [0.4, 0.5) is 11.4 Å². The number of nitrogens with one attached hydrogen (secondary N) is 1. The van der Waals surface area contributed by atoms with Crippen molar-refractivity contribution in [1.82, 2.24) is 0 Å². The standard InChI is InChI=1S/C20H22N2O2/c1-24-19-6-4-5-16(15-19)7-12-20(23)21-17-8-10-18(11-9-17)22-13-2-3-14-22/h4-12,15H,2-3,13-14H2,1H3,(H,21,23)/b12-7+. The second kappa shape index (κ2) is 7.68. The molecule has 3 rings (SSSR count). The maximum absolute atomic E-state index is 12.0. The maximum Gasteiger partial charge on any atom is 0.248 e. The molecule has 124 valence electrons. The summed E-state index contributed by atoms with van der Waals surface area (Å²) in [5, 5.41) is 2.88. The van der Waals surface area contributed by atoms with E-state index in [4.69, 9.17) is 4.74 Å². The molecule has 2 aromatic rings. The van der Waals surface area contributed by atoms with Crippen molar-refractivity contribution in [3.05, 3.63) is 60.2 Å². The molecule has 0 atom stereocenters. The molecule has 0 unspecified atom stereocenters. The summed E-state index contributed by atoms with van der Waals surface area (Å²) in [4.78, 5) is 14.4. The Balaban J connectivity index is 1.58. The van der Waals surface area contributed by atoms with Gasteiger partial charge in [-0.2, -0.15) is 0 Å². The number of hydrogen-bond donors (Lipinski definition) is 1. The van der Waals surface area contributed by atoms with Gasteiger partial charge in [0.25, 0.3) is 0 Å². The van der Waals surface area contributed by atoms with Gasteiger partial charge < -0.3 is 15.0 Å². The van der Waals surface area contributed by atoms with E-state index < -0.39 is 0 Å². The number of carbonyl (C=O) groups is 1. The predicted molar refractivity (Wildman–Crippen MR) is 98.5 cm³/mol. The lowest BCUT2D eigenvalue weighted by atomic mass is 10.2. The minimum Gasteiger partial charge on any atom is -0.497 e. The zero-order valence-corrected chi connectivity index (χ0v) is 13.9. The Morgan fingerprint density at radius 1 is 1.12 bits per heavy atom. The van der Waals surface area contributed by atoms with E-state index in [9.17, 15) is 4.79 Å². The predicted octanol–water partition coefficient (Wildman–Crippen LogP) is 3.95. The van der Waals surface area contributed by atoms with E-state index in [0.717, 1.165) is 30.1 Å². The fraction of sp³-hybridized carbons (Fsp3) is 0.250. The van der Waals surface area contributed by atoms with E-state index in [1.165, 1.54) is 24.6 Å². The van der Waals surface area contributed by atoms with Gasteiger partial charge in [-0.05, 0) is 60.9 Å². The number of hydrogen-bond acceptors (Lipinski definition) is 3. The lowest BCUT2D eigenvalue weighted by Gasteiger charge is -2.17. The van der Waals surface area contributed by atoms with Crippen molar-refractivity contribution in [2.75, 3.05) is 30.4 Å². The first kappa shape index (κ1) is 16.1. The lowest BCUT2D eigenvalue weighted by Crippen LogP contribution is -2.17. The Morgan fingerprint density at radius 2 is 1.88 bits per heavy atom. The van der Waals surface area contributed by atoms with Crippen LogP contribution in [0.1, 0.15) is 18.4 Å². The van der Waals surface area contributed by atoms with Gasteiger partial charge in [-0.25, -0.2) is 0 Å². The summed E-state index contributed by atoms with van der Waals surface area (Å²) in [6.07, 6.45) is 5.82. The maximum atomic E-state index is 12.0. The quantitative estimate of drug-likeness (QED) is 0.848. The van der Waals surface area contributed by atoms with E-state index in [1.54, 1.807) is 13.2 Å². The van der Waals surface area contributed by atoms with Gasteiger partial charge in [0.1, 0.15) is 5.75 Å². The Morgan fingerprint density at radius 3 is 2.58 bits per heavy atom. The smallest absolute Gasteiger partial charge is 0.248 e. The second-order valence-electron chi connectivity index (χ2n) is 5.84. The van der Waals surface area contributed by atoms with Crippen LogP contribution in [0.25, 0.3) is 6.08 Å². The lowest BCUT2D eigenvalue weighted by molar-refractivity contribution is -0.111. The minimum atomic E-state index is -0.147. The molecule has 4 heteroatoms. The molecule has 0 radical (unpaired) electrons. The van der Waals surface area contributed by atoms with Gasteiger partial charge >= 0.3 is 0 Å². The van der Waals surface area contributed by atoms with Gasteiger partial charge in [0.2, 0.25) is 5.91 Å². The van der Waals surface area contributed by atoms with Gasteiger partial charge in [0.05, 0.1) is 7.11 Å². The average Bonchev–Trinajstić information content (AvgIpc) is 3.15. The Bertz CT molecular complexity index is 717. The third-order valence-electron chi connectivity index (χ3n) is 4.13. The summed E-state index contributed by atoms with van der Waals surface area (Å²) >= 11 is 0. The van der Waals surface area contributed by atoms with Gasteiger partial charge in [-0.3, -0.25) is 4.79 Å². The van der Waals surface area contributed by atoms with Crippen LogP contribution in [0.15, 0.2) is 54.6 Å². The first-order valence-electron chi connectivity index (χ1n) is 8.23. The summed E-state index contributed by atoms with van der Waals surface area (Å²) in [7, 11) is 1.63. The summed E-state index contributed by atoms with van der Waals surface area (Å²) in [6, 6.07) is 15.6. The highest BCUT2D eigenvalue weighted by Gasteiger charge is 2.11. The first-order chi connectivity index (χ1) is 11.7. The van der Waals surface area contributed by atoms with Crippen LogP contribution in [0, 0.1) is 0 Å². The topological polar surface area (TPSA) is 41.6 Å². The van der Waals surface area contributed by atoms with Crippen LogP contribution < -0.4 is 15.0 Å². The number of benzene rings is 2. The summed E-state index contributed by atoms with van der Waals surface area (Å²) < 4.78 is 5.17. The Hall–Kier alpha value is -2.75. The molecule has 24 heavy (non-hydrogen) atoms. The molecule has 0 aromatic heterocycles. The van der Waals surface area contributed by atoms with Crippen molar-refractivity contribution in [2.24, 2.45) is 0 Å². The van der Waals surface area contributed by atoms with Crippen molar-refractivity contribution in [3.63, 3.8) is 0 Å². The van der Waals surface area contributed by atoms with E-state index in [2.05, 4.69) is 22.3 Å². The average molecular weight is 322 g/mol. The second-order valence-corrected chi connectivity index (χ2v) is 5.84. The largest absolute Gasteiger partial charge is 0.497 e. The van der Waals surface area contributed by atoms with Gasteiger partial charge in [0.15, 0.2) is 0 Å².